The predicted molar refractivity (Wildman–Crippen MR) is 177 cm³/mol. The SMILES string of the molecule is CCCCCCCCCC[C@H](O)[C@@H]1CC[C@H]([C@@H]2CC[C@H]([C@@H](O)CC[C@H](O)CCCCCCC[C@H](O)CC3=C[C@H](C)OC3=O)O2)O1. The van der Waals surface area contributed by atoms with E-state index in [0.717, 1.165) is 77.0 Å². The number of esters is 1. The molecule has 0 aromatic carbocycles. The lowest BCUT2D eigenvalue weighted by molar-refractivity contribution is -0.139. The summed E-state index contributed by atoms with van der Waals surface area (Å²) in [5.41, 5.74) is 0.588. The fourth-order valence-electron chi connectivity index (χ4n) is 7.29. The highest BCUT2D eigenvalue weighted by Gasteiger charge is 2.40. The summed E-state index contributed by atoms with van der Waals surface area (Å²) in [6.07, 6.45) is 21.6. The van der Waals surface area contributed by atoms with Crippen LogP contribution in [-0.2, 0) is 19.0 Å². The van der Waals surface area contributed by atoms with Crippen LogP contribution in [-0.4, -0.2) is 81.3 Å². The normalized spacial score (nSPS) is 27.8. The zero-order valence-corrected chi connectivity index (χ0v) is 28.5. The van der Waals surface area contributed by atoms with Crippen LogP contribution in [0.1, 0.15) is 162 Å². The summed E-state index contributed by atoms with van der Waals surface area (Å²) >= 11 is 0. The molecule has 3 aliphatic rings. The summed E-state index contributed by atoms with van der Waals surface area (Å²) in [5.74, 6) is -0.305. The first-order valence-electron chi connectivity index (χ1n) is 18.7. The molecule has 9 atom stereocenters. The van der Waals surface area contributed by atoms with E-state index >= 15 is 0 Å². The van der Waals surface area contributed by atoms with Crippen molar-refractivity contribution in [2.75, 3.05) is 0 Å². The minimum absolute atomic E-state index is 0.00146. The Morgan fingerprint density at radius 2 is 1.13 bits per heavy atom. The van der Waals surface area contributed by atoms with Gasteiger partial charge >= 0.3 is 5.97 Å². The highest BCUT2D eigenvalue weighted by molar-refractivity contribution is 5.90. The van der Waals surface area contributed by atoms with Crippen molar-refractivity contribution in [2.45, 2.75) is 216 Å². The number of aliphatic hydroxyl groups excluding tert-OH is 4. The van der Waals surface area contributed by atoms with Gasteiger partial charge in [-0.25, -0.2) is 4.79 Å². The lowest BCUT2D eigenvalue weighted by Crippen LogP contribution is -2.33. The molecule has 0 unspecified atom stereocenters. The first-order valence-corrected chi connectivity index (χ1v) is 18.7. The quantitative estimate of drug-likeness (QED) is 0.0634. The fourth-order valence-corrected chi connectivity index (χ4v) is 7.29. The second-order valence-electron chi connectivity index (χ2n) is 14.2. The number of carbonyl (C=O) groups is 1. The smallest absolute Gasteiger partial charge is 0.334 e. The minimum Gasteiger partial charge on any atom is -0.455 e. The summed E-state index contributed by atoms with van der Waals surface area (Å²) in [5, 5.41) is 42.1. The monoisotopic (exact) mass is 638 g/mol. The van der Waals surface area contributed by atoms with Crippen LogP contribution in [0.4, 0.5) is 0 Å². The fraction of sp³-hybridized carbons (Fsp3) is 0.919. The Kier molecular flexibility index (Phi) is 18.6. The van der Waals surface area contributed by atoms with E-state index in [4.69, 9.17) is 14.2 Å². The number of cyclic esters (lactones) is 1. The standard InChI is InChI=1S/C37H66O8/c1-3-4-5-6-7-8-12-15-18-31(40)33-21-23-35(44-33)36-24-22-34(45-36)32(41)20-19-29(38)16-13-10-9-11-14-17-30(39)26-28-25-27(2)43-37(28)42/h25,27,29-36,38-41H,3-24,26H2,1-2H3/t27-,29+,30-,31-,32-,33-,34+,35+,36-/m0/s1. The molecule has 3 rings (SSSR count). The highest BCUT2D eigenvalue weighted by Crippen LogP contribution is 2.34. The predicted octanol–water partition coefficient (Wildman–Crippen LogP) is 6.83. The molecule has 0 amide bonds. The van der Waals surface area contributed by atoms with Crippen LogP contribution in [0, 0.1) is 0 Å². The largest absolute Gasteiger partial charge is 0.455 e. The maximum atomic E-state index is 11.7. The van der Waals surface area contributed by atoms with Crippen LogP contribution < -0.4 is 0 Å². The van der Waals surface area contributed by atoms with Gasteiger partial charge < -0.3 is 34.6 Å². The number of hydrogen-bond acceptors (Lipinski definition) is 8. The van der Waals surface area contributed by atoms with E-state index in [9.17, 15) is 25.2 Å². The average Bonchev–Trinajstić information content (AvgIpc) is 3.77. The summed E-state index contributed by atoms with van der Waals surface area (Å²) in [4.78, 5) is 11.7. The molecule has 45 heavy (non-hydrogen) atoms. The molecule has 262 valence electrons. The van der Waals surface area contributed by atoms with Crippen molar-refractivity contribution in [1.82, 2.24) is 0 Å². The van der Waals surface area contributed by atoms with E-state index in [1.807, 2.05) is 6.92 Å². The number of ether oxygens (including phenoxy) is 3. The maximum Gasteiger partial charge on any atom is 0.334 e. The molecule has 0 radical (unpaired) electrons. The number of aliphatic hydroxyl groups is 4. The first-order chi connectivity index (χ1) is 21.8. The van der Waals surface area contributed by atoms with Gasteiger partial charge in [-0.1, -0.05) is 90.4 Å². The maximum absolute atomic E-state index is 11.7. The summed E-state index contributed by atoms with van der Waals surface area (Å²) in [7, 11) is 0. The van der Waals surface area contributed by atoms with E-state index in [2.05, 4.69) is 6.92 Å². The van der Waals surface area contributed by atoms with Crippen LogP contribution >= 0.6 is 0 Å². The zero-order valence-electron chi connectivity index (χ0n) is 28.5. The lowest BCUT2D eigenvalue weighted by Gasteiger charge is -2.24. The third kappa shape index (κ3) is 14.7. The van der Waals surface area contributed by atoms with Crippen LogP contribution in [0.15, 0.2) is 11.6 Å². The van der Waals surface area contributed by atoms with Crippen LogP contribution in [0.25, 0.3) is 0 Å². The van der Waals surface area contributed by atoms with Crippen molar-refractivity contribution >= 4 is 5.97 Å². The first kappa shape index (κ1) is 38.4. The number of rotatable bonds is 25. The van der Waals surface area contributed by atoms with Crippen LogP contribution in [0.2, 0.25) is 0 Å². The molecule has 8 nitrogen and oxygen atoms in total. The van der Waals surface area contributed by atoms with E-state index < -0.39 is 24.4 Å². The molecule has 0 aromatic heterocycles. The molecular weight excluding hydrogens is 572 g/mol. The molecule has 4 N–H and O–H groups in total. The molecule has 8 heteroatoms. The van der Waals surface area contributed by atoms with Crippen molar-refractivity contribution in [3.8, 4) is 0 Å². The molecule has 2 saturated heterocycles. The van der Waals surface area contributed by atoms with Crippen LogP contribution in [0.3, 0.4) is 0 Å². The molecular formula is C37H66O8. The van der Waals surface area contributed by atoms with E-state index in [0.29, 0.717) is 31.3 Å². The van der Waals surface area contributed by atoms with Crippen LogP contribution in [0.5, 0.6) is 0 Å². The zero-order chi connectivity index (χ0) is 32.4. The van der Waals surface area contributed by atoms with Crippen molar-refractivity contribution < 1.29 is 39.4 Å². The minimum atomic E-state index is -0.578. The van der Waals surface area contributed by atoms with Gasteiger partial charge in [0.1, 0.15) is 6.10 Å². The molecule has 3 aliphatic heterocycles. The average molecular weight is 639 g/mol. The number of hydrogen-bond donors (Lipinski definition) is 4. The topological polar surface area (TPSA) is 126 Å². The van der Waals surface area contributed by atoms with Gasteiger partial charge in [0.15, 0.2) is 0 Å². The van der Waals surface area contributed by atoms with Gasteiger partial charge in [-0.05, 0) is 70.8 Å². The van der Waals surface area contributed by atoms with Crippen molar-refractivity contribution in [1.29, 1.82) is 0 Å². The second-order valence-corrected chi connectivity index (χ2v) is 14.2. The molecule has 0 aromatic rings. The Morgan fingerprint density at radius 1 is 0.644 bits per heavy atom. The van der Waals surface area contributed by atoms with Crippen molar-refractivity contribution in [3.05, 3.63) is 11.6 Å². The molecule has 0 spiro atoms. The summed E-state index contributed by atoms with van der Waals surface area (Å²) < 4.78 is 17.6. The van der Waals surface area contributed by atoms with E-state index in [1.54, 1.807) is 6.08 Å². The summed E-state index contributed by atoms with van der Waals surface area (Å²) in [6.45, 7) is 4.07. The Morgan fingerprint density at radius 3 is 1.67 bits per heavy atom. The van der Waals surface area contributed by atoms with Gasteiger partial charge in [0.05, 0.1) is 48.8 Å². The van der Waals surface area contributed by atoms with Gasteiger partial charge in [-0.15, -0.1) is 0 Å². The molecule has 0 bridgehead atoms. The Labute approximate surface area is 273 Å². The number of unbranched alkanes of at least 4 members (excludes halogenated alkanes) is 11. The molecule has 0 saturated carbocycles. The Bertz CT molecular complexity index is 833. The third-order valence-corrected chi connectivity index (χ3v) is 10.1. The van der Waals surface area contributed by atoms with Gasteiger partial charge in [0, 0.05) is 12.0 Å². The van der Waals surface area contributed by atoms with Gasteiger partial charge in [-0.2, -0.15) is 0 Å². The third-order valence-electron chi connectivity index (χ3n) is 10.1. The highest BCUT2D eigenvalue weighted by atomic mass is 16.6. The van der Waals surface area contributed by atoms with E-state index in [1.165, 1.54) is 44.9 Å². The van der Waals surface area contributed by atoms with Gasteiger partial charge in [0.25, 0.3) is 0 Å². The summed E-state index contributed by atoms with van der Waals surface area (Å²) in [6, 6.07) is 0. The number of carbonyl (C=O) groups excluding carboxylic acids is 1. The Hall–Kier alpha value is -1.03. The van der Waals surface area contributed by atoms with E-state index in [-0.39, 0.29) is 36.5 Å². The van der Waals surface area contributed by atoms with Crippen molar-refractivity contribution in [3.63, 3.8) is 0 Å². The molecule has 3 heterocycles. The molecule has 0 aliphatic carbocycles. The second kappa shape index (κ2) is 21.8. The van der Waals surface area contributed by atoms with Gasteiger partial charge in [-0.3, -0.25) is 0 Å². The molecule has 2 fully saturated rings. The van der Waals surface area contributed by atoms with Crippen molar-refractivity contribution in [2.24, 2.45) is 0 Å². The Balaban J connectivity index is 1.16. The van der Waals surface area contributed by atoms with Gasteiger partial charge in [0.2, 0.25) is 0 Å². The lowest BCUT2D eigenvalue weighted by atomic mass is 9.99.